The molecule has 1 unspecified atom stereocenters. The van der Waals surface area contributed by atoms with Crippen LogP contribution < -0.4 is 5.32 Å². The fourth-order valence-electron chi connectivity index (χ4n) is 2.40. The third kappa shape index (κ3) is 4.22. The SMILES string of the molecule is CCCNCc1cc(S(=O)(=O)N2CCSC(C)C2)c(C)s1. The lowest BCUT2D eigenvalue weighted by Crippen LogP contribution is -2.41. The minimum atomic E-state index is -3.33. The molecule has 2 rings (SSSR count). The van der Waals surface area contributed by atoms with E-state index in [0.29, 0.717) is 23.2 Å². The highest BCUT2D eigenvalue weighted by molar-refractivity contribution is 8.00. The summed E-state index contributed by atoms with van der Waals surface area (Å²) in [5.74, 6) is 0.883. The lowest BCUT2D eigenvalue weighted by molar-refractivity contribution is 0.424. The molecule has 0 saturated carbocycles. The number of sulfonamides is 1. The number of thiophene rings is 1. The van der Waals surface area contributed by atoms with Crippen molar-refractivity contribution >= 4 is 33.1 Å². The standard InChI is InChI=1S/C14H24N2O2S3/c1-4-5-15-9-13-8-14(12(3)20-13)21(17,18)16-6-7-19-11(2)10-16/h8,11,15H,4-7,9-10H2,1-3H3. The second-order valence-corrected chi connectivity index (χ2v) is 10.1. The van der Waals surface area contributed by atoms with Crippen molar-refractivity contribution in [1.29, 1.82) is 0 Å². The lowest BCUT2D eigenvalue weighted by Gasteiger charge is -2.29. The Kier molecular flexibility index (Phi) is 6.14. The van der Waals surface area contributed by atoms with Crippen LogP contribution in [0.2, 0.25) is 0 Å². The number of nitrogens with zero attached hydrogens (tertiary/aromatic N) is 1. The van der Waals surface area contributed by atoms with Crippen molar-refractivity contribution in [3.05, 3.63) is 15.8 Å². The quantitative estimate of drug-likeness (QED) is 0.803. The highest BCUT2D eigenvalue weighted by atomic mass is 32.2. The van der Waals surface area contributed by atoms with Crippen molar-refractivity contribution in [2.75, 3.05) is 25.4 Å². The molecule has 1 N–H and O–H groups in total. The van der Waals surface area contributed by atoms with Gasteiger partial charge in [0.05, 0.1) is 4.90 Å². The summed E-state index contributed by atoms with van der Waals surface area (Å²) in [5.41, 5.74) is 0. The Bertz CT molecular complexity index is 569. The predicted molar refractivity (Wildman–Crippen MR) is 91.7 cm³/mol. The molecule has 0 spiro atoms. The fourth-order valence-corrected chi connectivity index (χ4v) is 6.73. The zero-order chi connectivity index (χ0) is 15.5. The zero-order valence-electron chi connectivity index (χ0n) is 12.9. The number of hydrogen-bond acceptors (Lipinski definition) is 5. The molecule has 1 aliphatic rings. The van der Waals surface area contributed by atoms with Crippen molar-refractivity contribution in [2.45, 2.75) is 43.9 Å². The molecule has 1 aromatic rings. The molecule has 0 radical (unpaired) electrons. The van der Waals surface area contributed by atoms with Crippen LogP contribution in [0.5, 0.6) is 0 Å². The van der Waals surface area contributed by atoms with E-state index in [4.69, 9.17) is 0 Å². The summed E-state index contributed by atoms with van der Waals surface area (Å²) < 4.78 is 27.2. The van der Waals surface area contributed by atoms with Crippen LogP contribution in [-0.2, 0) is 16.6 Å². The summed E-state index contributed by atoms with van der Waals surface area (Å²) in [5, 5.41) is 3.70. The molecule has 0 aliphatic carbocycles. The molecule has 1 saturated heterocycles. The van der Waals surface area contributed by atoms with Gasteiger partial charge in [0.25, 0.3) is 0 Å². The van der Waals surface area contributed by atoms with Crippen LogP contribution in [0.15, 0.2) is 11.0 Å². The minimum Gasteiger partial charge on any atom is -0.312 e. The van der Waals surface area contributed by atoms with Gasteiger partial charge in [0.1, 0.15) is 0 Å². The van der Waals surface area contributed by atoms with Crippen LogP contribution in [0.4, 0.5) is 0 Å². The summed E-state index contributed by atoms with van der Waals surface area (Å²) >= 11 is 3.43. The minimum absolute atomic E-state index is 0.373. The molecule has 2 heterocycles. The van der Waals surface area contributed by atoms with Crippen molar-refractivity contribution in [3.63, 3.8) is 0 Å². The van der Waals surface area contributed by atoms with Gasteiger partial charge in [-0.2, -0.15) is 16.1 Å². The highest BCUT2D eigenvalue weighted by Gasteiger charge is 2.31. The summed E-state index contributed by atoms with van der Waals surface area (Å²) in [6.07, 6.45) is 1.08. The van der Waals surface area contributed by atoms with Crippen LogP contribution in [0, 0.1) is 6.92 Å². The van der Waals surface area contributed by atoms with E-state index in [-0.39, 0.29) is 0 Å². The first-order valence-electron chi connectivity index (χ1n) is 7.37. The van der Waals surface area contributed by atoms with Gasteiger partial charge in [-0.25, -0.2) is 8.42 Å². The molecule has 120 valence electrons. The number of rotatable bonds is 6. The van der Waals surface area contributed by atoms with E-state index in [1.165, 1.54) is 0 Å². The number of aryl methyl sites for hydroxylation is 1. The fraction of sp³-hybridized carbons (Fsp3) is 0.714. The topological polar surface area (TPSA) is 49.4 Å². The van der Waals surface area contributed by atoms with Gasteiger partial charge >= 0.3 is 0 Å². The molecular weight excluding hydrogens is 324 g/mol. The first-order chi connectivity index (χ1) is 9.95. The predicted octanol–water partition coefficient (Wildman–Crippen LogP) is 2.68. The molecule has 1 aromatic heterocycles. The van der Waals surface area contributed by atoms with Crippen LogP contribution in [0.3, 0.4) is 0 Å². The maximum absolute atomic E-state index is 12.8. The molecule has 1 fully saturated rings. The first kappa shape index (κ1) is 17.3. The van der Waals surface area contributed by atoms with E-state index in [9.17, 15) is 8.42 Å². The van der Waals surface area contributed by atoms with Crippen molar-refractivity contribution in [2.24, 2.45) is 0 Å². The first-order valence-corrected chi connectivity index (χ1v) is 10.7. The second kappa shape index (κ2) is 7.46. The summed E-state index contributed by atoms with van der Waals surface area (Å²) in [7, 11) is -3.33. The Morgan fingerprint density at radius 2 is 2.24 bits per heavy atom. The van der Waals surface area contributed by atoms with Crippen molar-refractivity contribution in [1.82, 2.24) is 9.62 Å². The van der Waals surface area contributed by atoms with E-state index in [2.05, 4.69) is 19.2 Å². The molecule has 0 bridgehead atoms. The van der Waals surface area contributed by atoms with Crippen molar-refractivity contribution in [3.8, 4) is 0 Å². The van der Waals surface area contributed by atoms with Gasteiger partial charge < -0.3 is 5.32 Å². The van der Waals surface area contributed by atoms with Gasteiger partial charge in [0, 0.05) is 40.4 Å². The summed E-state index contributed by atoms with van der Waals surface area (Å²) in [6.45, 7) is 9.07. The normalized spacial score (nSPS) is 20.8. The van der Waals surface area contributed by atoms with Crippen LogP contribution in [0.25, 0.3) is 0 Å². The van der Waals surface area contributed by atoms with E-state index in [0.717, 1.165) is 35.0 Å². The van der Waals surface area contributed by atoms with Crippen LogP contribution in [0.1, 0.15) is 30.0 Å². The Labute approximate surface area is 136 Å². The highest BCUT2D eigenvalue weighted by Crippen LogP contribution is 2.30. The largest absolute Gasteiger partial charge is 0.312 e. The maximum atomic E-state index is 12.8. The average molecular weight is 349 g/mol. The van der Waals surface area contributed by atoms with E-state index < -0.39 is 10.0 Å². The van der Waals surface area contributed by atoms with Crippen LogP contribution in [-0.4, -0.2) is 43.4 Å². The Morgan fingerprint density at radius 3 is 2.90 bits per heavy atom. The third-order valence-corrected chi connectivity index (χ3v) is 7.78. The molecule has 1 atom stereocenters. The lowest BCUT2D eigenvalue weighted by atomic mass is 10.4. The van der Waals surface area contributed by atoms with E-state index in [1.807, 2.05) is 24.8 Å². The number of hydrogen-bond donors (Lipinski definition) is 1. The third-order valence-electron chi connectivity index (χ3n) is 3.47. The maximum Gasteiger partial charge on any atom is 0.244 e. The van der Waals surface area contributed by atoms with Gasteiger partial charge in [0.2, 0.25) is 10.0 Å². The smallest absolute Gasteiger partial charge is 0.244 e. The Morgan fingerprint density at radius 1 is 1.48 bits per heavy atom. The van der Waals surface area contributed by atoms with Gasteiger partial charge in [-0.15, -0.1) is 11.3 Å². The monoisotopic (exact) mass is 348 g/mol. The molecule has 7 heteroatoms. The number of nitrogens with one attached hydrogen (secondary N) is 1. The van der Waals surface area contributed by atoms with Gasteiger partial charge in [-0.1, -0.05) is 13.8 Å². The number of thioether (sulfide) groups is 1. The van der Waals surface area contributed by atoms with E-state index in [1.54, 1.807) is 15.6 Å². The zero-order valence-corrected chi connectivity index (χ0v) is 15.3. The van der Waals surface area contributed by atoms with Gasteiger partial charge in [-0.05, 0) is 26.0 Å². The van der Waals surface area contributed by atoms with Gasteiger partial charge in [-0.3, -0.25) is 0 Å². The molecule has 0 amide bonds. The van der Waals surface area contributed by atoms with Gasteiger partial charge in [0.15, 0.2) is 0 Å². The molecule has 1 aliphatic heterocycles. The van der Waals surface area contributed by atoms with Crippen LogP contribution >= 0.6 is 23.1 Å². The molecule has 4 nitrogen and oxygen atoms in total. The molecular formula is C14H24N2O2S3. The van der Waals surface area contributed by atoms with E-state index >= 15 is 0 Å². The summed E-state index contributed by atoms with van der Waals surface area (Å²) in [4.78, 5) is 2.49. The van der Waals surface area contributed by atoms with Crippen molar-refractivity contribution < 1.29 is 8.42 Å². The summed E-state index contributed by atoms with van der Waals surface area (Å²) in [6, 6.07) is 1.85. The second-order valence-electron chi connectivity index (χ2n) is 5.35. The molecule has 21 heavy (non-hydrogen) atoms. The average Bonchev–Trinajstić information content (AvgIpc) is 2.81. The molecule has 0 aromatic carbocycles. The Balaban J connectivity index is 2.15. The Hall–Kier alpha value is -0.0800.